The quantitative estimate of drug-likeness (QED) is 0.368. The van der Waals surface area contributed by atoms with E-state index in [0.717, 1.165) is 0 Å². The summed E-state index contributed by atoms with van der Waals surface area (Å²) in [7, 11) is 0. The molecule has 0 bridgehead atoms. The van der Waals surface area contributed by atoms with Crippen LogP contribution in [0.2, 0.25) is 0 Å². The first-order valence-electron chi connectivity index (χ1n) is 7.93. The lowest BCUT2D eigenvalue weighted by atomic mass is 10.1. The van der Waals surface area contributed by atoms with E-state index in [2.05, 4.69) is 15.5 Å². The van der Waals surface area contributed by atoms with Crippen molar-refractivity contribution in [3.05, 3.63) is 71.8 Å². The van der Waals surface area contributed by atoms with Crippen molar-refractivity contribution in [3.8, 4) is 5.69 Å². The standard InChI is InChI=1S/C18H15FN4O3/c19-14-9-7-13(8-10-14)17(24)6-3-11-26-18(25)15-4-1-2-5-16(15)23-12-20-21-22-23/h1-2,4-5,7-10,12H,3,6,11H2. The van der Waals surface area contributed by atoms with E-state index in [-0.39, 0.29) is 18.8 Å². The molecule has 7 nitrogen and oxygen atoms in total. The normalized spacial score (nSPS) is 10.5. The fraction of sp³-hybridized carbons (Fsp3) is 0.167. The number of para-hydroxylation sites is 1. The zero-order valence-corrected chi connectivity index (χ0v) is 13.7. The van der Waals surface area contributed by atoms with Crippen molar-refractivity contribution in [1.29, 1.82) is 0 Å². The zero-order valence-electron chi connectivity index (χ0n) is 13.7. The number of aromatic nitrogens is 4. The Balaban J connectivity index is 1.54. The Morgan fingerprint density at radius 3 is 2.58 bits per heavy atom. The molecule has 0 aliphatic heterocycles. The zero-order chi connectivity index (χ0) is 18.4. The van der Waals surface area contributed by atoms with E-state index in [4.69, 9.17) is 4.74 Å². The third-order valence-corrected chi connectivity index (χ3v) is 3.67. The van der Waals surface area contributed by atoms with Crippen LogP contribution in [-0.4, -0.2) is 38.6 Å². The Kier molecular flexibility index (Phi) is 5.43. The van der Waals surface area contributed by atoms with Crippen molar-refractivity contribution in [2.75, 3.05) is 6.61 Å². The maximum absolute atomic E-state index is 12.9. The maximum Gasteiger partial charge on any atom is 0.340 e. The van der Waals surface area contributed by atoms with Gasteiger partial charge in [-0.3, -0.25) is 4.79 Å². The maximum atomic E-state index is 12.9. The first-order chi connectivity index (χ1) is 12.6. The highest BCUT2D eigenvalue weighted by molar-refractivity contribution is 5.96. The van der Waals surface area contributed by atoms with Gasteiger partial charge in [0, 0.05) is 12.0 Å². The summed E-state index contributed by atoms with van der Waals surface area (Å²) in [5.41, 5.74) is 1.26. The lowest BCUT2D eigenvalue weighted by Crippen LogP contribution is -2.12. The molecule has 0 unspecified atom stereocenters. The monoisotopic (exact) mass is 354 g/mol. The molecule has 1 aromatic heterocycles. The molecule has 26 heavy (non-hydrogen) atoms. The van der Waals surface area contributed by atoms with Crippen LogP contribution >= 0.6 is 0 Å². The number of hydrogen-bond donors (Lipinski definition) is 0. The van der Waals surface area contributed by atoms with Gasteiger partial charge in [-0.1, -0.05) is 12.1 Å². The Bertz CT molecular complexity index is 895. The molecule has 0 spiro atoms. The number of esters is 1. The van der Waals surface area contributed by atoms with E-state index < -0.39 is 11.8 Å². The number of halogens is 1. The fourth-order valence-corrected chi connectivity index (χ4v) is 2.37. The van der Waals surface area contributed by atoms with Gasteiger partial charge in [-0.2, -0.15) is 4.68 Å². The topological polar surface area (TPSA) is 87.0 Å². The molecule has 0 aliphatic rings. The molecule has 0 aliphatic carbocycles. The van der Waals surface area contributed by atoms with Crippen molar-refractivity contribution in [2.24, 2.45) is 0 Å². The molecule has 0 saturated carbocycles. The number of hydrogen-bond acceptors (Lipinski definition) is 6. The molecule has 0 fully saturated rings. The second-order valence-electron chi connectivity index (χ2n) is 5.44. The summed E-state index contributed by atoms with van der Waals surface area (Å²) in [6.07, 6.45) is 1.95. The van der Waals surface area contributed by atoms with Crippen LogP contribution in [0.4, 0.5) is 4.39 Å². The van der Waals surface area contributed by atoms with Crippen LogP contribution in [0.1, 0.15) is 33.6 Å². The number of rotatable bonds is 7. The largest absolute Gasteiger partial charge is 0.462 e. The number of benzene rings is 2. The van der Waals surface area contributed by atoms with Gasteiger partial charge in [0.15, 0.2) is 5.78 Å². The first-order valence-corrected chi connectivity index (χ1v) is 7.93. The van der Waals surface area contributed by atoms with Gasteiger partial charge >= 0.3 is 5.97 Å². The highest BCUT2D eigenvalue weighted by atomic mass is 19.1. The van der Waals surface area contributed by atoms with Gasteiger partial charge in [0.05, 0.1) is 17.9 Å². The minimum absolute atomic E-state index is 0.0930. The summed E-state index contributed by atoms with van der Waals surface area (Å²) in [4.78, 5) is 24.3. The van der Waals surface area contributed by atoms with Crippen LogP contribution in [0, 0.1) is 5.82 Å². The molecule has 0 saturated heterocycles. The van der Waals surface area contributed by atoms with Crippen molar-refractivity contribution >= 4 is 11.8 Å². The second kappa shape index (κ2) is 8.11. The van der Waals surface area contributed by atoms with Crippen LogP contribution in [0.15, 0.2) is 54.9 Å². The molecule has 2 aromatic carbocycles. The van der Waals surface area contributed by atoms with Gasteiger partial charge in [0.25, 0.3) is 0 Å². The third kappa shape index (κ3) is 4.15. The van der Waals surface area contributed by atoms with Gasteiger partial charge in [-0.05, 0) is 53.2 Å². The smallest absolute Gasteiger partial charge is 0.340 e. The number of carbonyl (C=O) groups excluding carboxylic acids is 2. The van der Waals surface area contributed by atoms with Crippen molar-refractivity contribution in [1.82, 2.24) is 20.2 Å². The average Bonchev–Trinajstić information content (AvgIpc) is 3.20. The van der Waals surface area contributed by atoms with E-state index in [1.807, 2.05) is 0 Å². The molecule has 0 atom stereocenters. The van der Waals surface area contributed by atoms with Crippen LogP contribution in [-0.2, 0) is 4.74 Å². The van der Waals surface area contributed by atoms with Gasteiger partial charge in [-0.15, -0.1) is 5.10 Å². The van der Waals surface area contributed by atoms with Crippen LogP contribution in [0.5, 0.6) is 0 Å². The number of ether oxygens (including phenoxy) is 1. The molecule has 3 rings (SSSR count). The number of tetrazole rings is 1. The van der Waals surface area contributed by atoms with Crippen LogP contribution in [0.25, 0.3) is 5.69 Å². The Morgan fingerprint density at radius 2 is 1.85 bits per heavy atom. The molecule has 0 radical (unpaired) electrons. The summed E-state index contributed by atoms with van der Waals surface area (Å²) >= 11 is 0. The van der Waals surface area contributed by atoms with Crippen LogP contribution < -0.4 is 0 Å². The minimum Gasteiger partial charge on any atom is -0.462 e. The van der Waals surface area contributed by atoms with E-state index in [1.54, 1.807) is 24.3 Å². The predicted octanol–water partition coefficient (Wildman–Crippen LogP) is 2.62. The average molecular weight is 354 g/mol. The third-order valence-electron chi connectivity index (χ3n) is 3.67. The highest BCUT2D eigenvalue weighted by Gasteiger charge is 2.15. The SMILES string of the molecule is O=C(CCCOC(=O)c1ccccc1-n1cnnn1)c1ccc(F)cc1. The lowest BCUT2D eigenvalue weighted by Gasteiger charge is -2.08. The van der Waals surface area contributed by atoms with Crippen molar-refractivity contribution in [3.63, 3.8) is 0 Å². The second-order valence-corrected chi connectivity index (χ2v) is 5.44. The summed E-state index contributed by atoms with van der Waals surface area (Å²) in [5.74, 6) is -1.04. The van der Waals surface area contributed by atoms with Gasteiger partial charge in [-0.25, -0.2) is 9.18 Å². The minimum atomic E-state index is -0.523. The molecule has 3 aromatic rings. The molecule has 0 N–H and O–H groups in total. The molecular formula is C18H15FN4O3. The number of ketones is 1. The predicted molar refractivity (Wildman–Crippen MR) is 89.4 cm³/mol. The molecule has 1 heterocycles. The summed E-state index contributed by atoms with van der Waals surface area (Å²) < 4.78 is 19.5. The van der Waals surface area contributed by atoms with E-state index >= 15 is 0 Å². The molecular weight excluding hydrogens is 339 g/mol. The number of Topliss-reactive ketones (excluding diaryl/α,β-unsaturated/α-hetero) is 1. The fourth-order valence-electron chi connectivity index (χ4n) is 2.37. The summed E-state index contributed by atoms with van der Waals surface area (Å²) in [6.45, 7) is 0.0930. The van der Waals surface area contributed by atoms with Gasteiger partial charge in [0.2, 0.25) is 0 Å². The molecule has 8 heteroatoms. The van der Waals surface area contributed by atoms with Crippen molar-refractivity contribution < 1.29 is 18.7 Å². The summed E-state index contributed by atoms with van der Waals surface area (Å²) in [5, 5.41) is 10.9. The number of carbonyl (C=O) groups is 2. The first kappa shape index (κ1) is 17.4. The van der Waals surface area contributed by atoms with Crippen molar-refractivity contribution in [2.45, 2.75) is 12.8 Å². The van der Waals surface area contributed by atoms with Gasteiger partial charge < -0.3 is 4.74 Å². The van der Waals surface area contributed by atoms with E-state index in [1.165, 1.54) is 35.3 Å². The Labute approximate surface area is 148 Å². The van der Waals surface area contributed by atoms with Crippen LogP contribution in [0.3, 0.4) is 0 Å². The Morgan fingerprint density at radius 1 is 1.08 bits per heavy atom. The molecule has 0 amide bonds. The Hall–Kier alpha value is -3.42. The number of nitrogens with zero attached hydrogens (tertiary/aromatic N) is 4. The molecule has 132 valence electrons. The van der Waals surface area contributed by atoms with E-state index in [9.17, 15) is 14.0 Å². The summed E-state index contributed by atoms with van der Waals surface area (Å²) in [6, 6.07) is 12.1. The highest BCUT2D eigenvalue weighted by Crippen LogP contribution is 2.14. The van der Waals surface area contributed by atoms with Gasteiger partial charge in [0.1, 0.15) is 12.1 Å². The van der Waals surface area contributed by atoms with E-state index in [0.29, 0.717) is 23.2 Å². The lowest BCUT2D eigenvalue weighted by molar-refractivity contribution is 0.0494.